The van der Waals surface area contributed by atoms with Crippen molar-refractivity contribution in [3.63, 3.8) is 0 Å². The molecule has 3 aromatic carbocycles. The summed E-state index contributed by atoms with van der Waals surface area (Å²) in [6, 6.07) is 29.2. The Morgan fingerprint density at radius 3 is 2.00 bits per heavy atom. The molecule has 2 N–H and O–H groups in total. The number of nitrogens with zero attached hydrogens (tertiary/aromatic N) is 2. The summed E-state index contributed by atoms with van der Waals surface area (Å²) < 4.78 is 0. The maximum Gasteiger partial charge on any atom is 0.274 e. The lowest BCUT2D eigenvalue weighted by atomic mass is 9.94. The molecule has 0 atom stereocenters. The van der Waals surface area contributed by atoms with Crippen molar-refractivity contribution in [3.05, 3.63) is 107 Å². The third-order valence-corrected chi connectivity index (χ3v) is 4.58. The van der Waals surface area contributed by atoms with Crippen LogP contribution in [0, 0.1) is 0 Å². The largest absolute Gasteiger partial charge is 0.278 e. The van der Waals surface area contributed by atoms with Gasteiger partial charge in [-0.05, 0) is 24.6 Å². The summed E-state index contributed by atoms with van der Waals surface area (Å²) in [5.41, 5.74) is 7.97. The Hall–Kier alpha value is -3.99. The van der Waals surface area contributed by atoms with E-state index in [0.717, 1.165) is 22.4 Å². The van der Waals surface area contributed by atoms with Crippen molar-refractivity contribution >= 4 is 11.4 Å². The molecule has 29 heavy (non-hydrogen) atoms. The van der Waals surface area contributed by atoms with Crippen LogP contribution < -0.4 is 11.0 Å². The minimum Gasteiger partial charge on any atom is -0.278 e. The second kappa shape index (κ2) is 8.35. The lowest BCUT2D eigenvalue weighted by Gasteiger charge is -2.14. The Labute approximate surface area is 168 Å². The molecule has 0 unspecified atom stereocenters. The van der Waals surface area contributed by atoms with E-state index in [1.54, 1.807) is 0 Å². The molecule has 0 bridgehead atoms. The number of hydrogen-bond donors (Lipinski definition) is 2. The van der Waals surface area contributed by atoms with E-state index in [0.29, 0.717) is 17.0 Å². The van der Waals surface area contributed by atoms with Gasteiger partial charge in [-0.15, -0.1) is 0 Å². The number of aromatic amines is 1. The van der Waals surface area contributed by atoms with Crippen molar-refractivity contribution < 1.29 is 0 Å². The van der Waals surface area contributed by atoms with Crippen LogP contribution in [-0.4, -0.2) is 15.9 Å². The van der Waals surface area contributed by atoms with Crippen molar-refractivity contribution in [3.8, 4) is 22.4 Å². The van der Waals surface area contributed by atoms with Gasteiger partial charge in [-0.25, -0.2) is 5.10 Å². The van der Waals surface area contributed by atoms with Gasteiger partial charge in [0.25, 0.3) is 5.56 Å². The maximum atomic E-state index is 12.8. The normalized spacial score (nSPS) is 11.3. The summed E-state index contributed by atoms with van der Waals surface area (Å²) in [4.78, 5) is 12.8. The predicted octanol–water partition coefficient (Wildman–Crippen LogP) is 4.94. The number of rotatable bonds is 5. The summed E-state index contributed by atoms with van der Waals surface area (Å²) in [5, 5.41) is 11.5. The van der Waals surface area contributed by atoms with E-state index in [1.165, 1.54) is 0 Å². The van der Waals surface area contributed by atoms with Crippen LogP contribution in [0.15, 0.2) is 101 Å². The van der Waals surface area contributed by atoms with Crippen LogP contribution in [0.3, 0.4) is 0 Å². The highest BCUT2D eigenvalue weighted by Gasteiger charge is 2.19. The Morgan fingerprint density at radius 1 is 0.828 bits per heavy atom. The summed E-state index contributed by atoms with van der Waals surface area (Å²) in [7, 11) is 0. The van der Waals surface area contributed by atoms with Crippen molar-refractivity contribution in [1.29, 1.82) is 0 Å². The third kappa shape index (κ3) is 3.99. The fourth-order valence-electron chi connectivity index (χ4n) is 3.20. The van der Waals surface area contributed by atoms with Gasteiger partial charge >= 0.3 is 0 Å². The molecular formula is C24H20N4O. The van der Waals surface area contributed by atoms with Gasteiger partial charge in [0, 0.05) is 11.1 Å². The van der Waals surface area contributed by atoms with Crippen molar-refractivity contribution in [1.82, 2.24) is 10.2 Å². The first-order valence-corrected chi connectivity index (χ1v) is 9.33. The van der Waals surface area contributed by atoms with Gasteiger partial charge < -0.3 is 0 Å². The minimum atomic E-state index is -0.278. The Balaban J connectivity index is 1.90. The summed E-state index contributed by atoms with van der Waals surface area (Å²) in [6.07, 6.45) is 0. The molecule has 4 rings (SSSR count). The van der Waals surface area contributed by atoms with E-state index in [1.807, 2.05) is 97.9 Å². The SMILES string of the molecule is C/C(=N\Nc1ccccc1)c1c(-c2ccccc2)c(-c2ccccc2)n[nH]c1=O. The molecule has 0 amide bonds. The molecule has 5 nitrogen and oxygen atoms in total. The standard InChI is InChI=1S/C24H20N4O/c1-17(25-26-20-15-9-4-10-16-20)21-22(18-11-5-2-6-12-18)23(27-28-24(21)29)19-13-7-3-8-14-19/h2-16,26H,1H3,(H,28,29)/b25-17+. The van der Waals surface area contributed by atoms with Gasteiger partial charge in [0.05, 0.1) is 22.7 Å². The molecule has 0 radical (unpaired) electrons. The number of hydrogen-bond acceptors (Lipinski definition) is 4. The van der Waals surface area contributed by atoms with E-state index >= 15 is 0 Å². The molecule has 5 heteroatoms. The molecule has 1 heterocycles. The number of nitrogens with one attached hydrogen (secondary N) is 2. The number of aromatic nitrogens is 2. The van der Waals surface area contributed by atoms with Crippen LogP contribution in [0.2, 0.25) is 0 Å². The number of anilines is 1. The summed E-state index contributed by atoms with van der Waals surface area (Å²) in [6.45, 7) is 1.82. The molecule has 0 aliphatic carbocycles. The molecular weight excluding hydrogens is 360 g/mol. The van der Waals surface area contributed by atoms with Gasteiger partial charge in [-0.3, -0.25) is 10.2 Å². The molecule has 0 spiro atoms. The molecule has 0 aliphatic rings. The highest BCUT2D eigenvalue weighted by molar-refractivity contribution is 6.06. The van der Waals surface area contributed by atoms with Crippen LogP contribution in [0.5, 0.6) is 0 Å². The predicted molar refractivity (Wildman–Crippen MR) is 118 cm³/mol. The van der Waals surface area contributed by atoms with Crippen molar-refractivity contribution in [2.45, 2.75) is 6.92 Å². The highest BCUT2D eigenvalue weighted by Crippen LogP contribution is 2.31. The topological polar surface area (TPSA) is 70.1 Å². The quantitative estimate of drug-likeness (QED) is 0.381. The zero-order valence-corrected chi connectivity index (χ0v) is 16.0. The van der Waals surface area contributed by atoms with Crippen molar-refractivity contribution in [2.75, 3.05) is 5.43 Å². The first kappa shape index (κ1) is 18.4. The van der Waals surface area contributed by atoms with Gasteiger partial charge in [0.1, 0.15) is 0 Å². The number of para-hydroxylation sites is 1. The van der Waals surface area contributed by atoms with E-state index in [4.69, 9.17) is 0 Å². The van der Waals surface area contributed by atoms with Crippen molar-refractivity contribution in [2.24, 2.45) is 5.10 Å². The van der Waals surface area contributed by atoms with E-state index in [9.17, 15) is 4.79 Å². The first-order chi connectivity index (χ1) is 14.2. The molecule has 142 valence electrons. The molecule has 4 aromatic rings. The van der Waals surface area contributed by atoms with Gasteiger partial charge in [-0.2, -0.15) is 10.2 Å². The first-order valence-electron chi connectivity index (χ1n) is 9.33. The smallest absolute Gasteiger partial charge is 0.274 e. The van der Waals surface area contributed by atoms with Crippen LogP contribution in [-0.2, 0) is 0 Å². The van der Waals surface area contributed by atoms with Gasteiger partial charge in [-0.1, -0.05) is 78.9 Å². The summed E-state index contributed by atoms with van der Waals surface area (Å²) in [5.74, 6) is 0. The van der Waals surface area contributed by atoms with E-state index < -0.39 is 0 Å². The molecule has 0 fully saturated rings. The zero-order valence-electron chi connectivity index (χ0n) is 16.0. The van der Waals surface area contributed by atoms with Gasteiger partial charge in [0.15, 0.2) is 0 Å². The van der Waals surface area contributed by atoms with E-state index in [2.05, 4.69) is 20.7 Å². The van der Waals surface area contributed by atoms with Crippen LogP contribution >= 0.6 is 0 Å². The summed E-state index contributed by atoms with van der Waals surface area (Å²) >= 11 is 0. The number of H-pyrrole nitrogens is 1. The second-order valence-corrected chi connectivity index (χ2v) is 6.56. The highest BCUT2D eigenvalue weighted by atomic mass is 16.1. The fraction of sp³-hybridized carbons (Fsp3) is 0.0417. The molecule has 0 saturated carbocycles. The van der Waals surface area contributed by atoms with E-state index in [-0.39, 0.29) is 5.56 Å². The average Bonchev–Trinajstić information content (AvgIpc) is 2.79. The van der Waals surface area contributed by atoms with Crippen LogP contribution in [0.1, 0.15) is 12.5 Å². The number of benzene rings is 3. The lowest BCUT2D eigenvalue weighted by Crippen LogP contribution is -2.21. The van der Waals surface area contributed by atoms with Crippen LogP contribution in [0.25, 0.3) is 22.4 Å². The zero-order chi connectivity index (χ0) is 20.1. The second-order valence-electron chi connectivity index (χ2n) is 6.56. The third-order valence-electron chi connectivity index (χ3n) is 4.58. The number of hydrazone groups is 1. The maximum absolute atomic E-state index is 12.8. The Bertz CT molecular complexity index is 1180. The molecule has 0 aliphatic heterocycles. The van der Waals surface area contributed by atoms with Crippen LogP contribution in [0.4, 0.5) is 5.69 Å². The fourth-order valence-corrected chi connectivity index (χ4v) is 3.20. The van der Waals surface area contributed by atoms with Gasteiger partial charge in [0.2, 0.25) is 0 Å². The average molecular weight is 380 g/mol. The Morgan fingerprint density at radius 2 is 1.38 bits per heavy atom. The minimum absolute atomic E-state index is 0.278. The Kier molecular flexibility index (Phi) is 5.29. The molecule has 0 saturated heterocycles. The monoisotopic (exact) mass is 380 g/mol. The lowest BCUT2D eigenvalue weighted by molar-refractivity contribution is 0.991. The molecule has 1 aromatic heterocycles.